The molecule has 1 heterocycles. The van der Waals surface area contributed by atoms with E-state index in [-0.39, 0.29) is 22.5 Å². The largest absolute Gasteiger partial charge is 0.355 e. The number of benzene rings is 1. The highest BCUT2D eigenvalue weighted by Gasteiger charge is 2.09. The lowest BCUT2D eigenvalue weighted by atomic mass is 10.1. The average molecular weight is 333 g/mol. The molecule has 1 aromatic carbocycles. The molecule has 2 aromatic rings. The normalized spacial score (nSPS) is 10.5. The van der Waals surface area contributed by atoms with E-state index >= 15 is 0 Å². The number of aromatic nitrogens is 3. The number of carbonyl (C=O) groups is 1. The monoisotopic (exact) mass is 333 g/mol. The second-order valence-corrected chi connectivity index (χ2v) is 5.91. The van der Waals surface area contributed by atoms with Crippen molar-refractivity contribution in [2.45, 2.75) is 24.9 Å². The number of amides is 1. The van der Waals surface area contributed by atoms with Gasteiger partial charge in [-0.1, -0.05) is 42.1 Å². The van der Waals surface area contributed by atoms with Gasteiger partial charge in [0, 0.05) is 6.54 Å². The topological polar surface area (TPSA) is 103 Å². The van der Waals surface area contributed by atoms with E-state index in [1.807, 2.05) is 18.2 Å². The number of carbonyl (C=O) groups excluding carboxylic acids is 1. The van der Waals surface area contributed by atoms with Crippen LogP contribution in [0.25, 0.3) is 0 Å². The molecule has 122 valence electrons. The van der Waals surface area contributed by atoms with Crippen molar-refractivity contribution >= 4 is 17.7 Å². The third kappa shape index (κ3) is 5.10. The molecule has 0 aliphatic rings. The van der Waals surface area contributed by atoms with Gasteiger partial charge in [-0.2, -0.15) is 4.68 Å². The standard InChI is InChI=1S/C15H19N5O2S/c1-11-14(22)20(16)15(19-18-11)23-10-13(21)17-9-5-8-12-6-3-2-4-7-12/h2-4,6-7H,5,8-10,16H2,1H3,(H,17,21). The Labute approximate surface area is 138 Å². The Hall–Kier alpha value is -2.35. The molecule has 0 aliphatic heterocycles. The molecular formula is C15H19N5O2S. The Kier molecular flexibility index (Phi) is 6.16. The zero-order valence-electron chi connectivity index (χ0n) is 12.9. The Bertz CT molecular complexity index is 718. The summed E-state index contributed by atoms with van der Waals surface area (Å²) in [6.07, 6.45) is 1.78. The highest BCUT2D eigenvalue weighted by Crippen LogP contribution is 2.10. The van der Waals surface area contributed by atoms with Gasteiger partial charge in [-0.05, 0) is 25.3 Å². The smallest absolute Gasteiger partial charge is 0.294 e. The number of thioether (sulfide) groups is 1. The minimum Gasteiger partial charge on any atom is -0.355 e. The maximum atomic E-state index is 11.8. The van der Waals surface area contributed by atoms with Gasteiger partial charge >= 0.3 is 0 Å². The van der Waals surface area contributed by atoms with Crippen molar-refractivity contribution in [3.63, 3.8) is 0 Å². The lowest BCUT2D eigenvalue weighted by Crippen LogP contribution is -2.33. The van der Waals surface area contributed by atoms with Crippen LogP contribution >= 0.6 is 11.8 Å². The summed E-state index contributed by atoms with van der Waals surface area (Å²) in [5, 5.41) is 10.6. The molecule has 0 aliphatic carbocycles. The minimum atomic E-state index is -0.411. The number of hydrogen-bond donors (Lipinski definition) is 2. The second-order valence-electron chi connectivity index (χ2n) is 4.97. The van der Waals surface area contributed by atoms with Crippen molar-refractivity contribution in [2.75, 3.05) is 18.1 Å². The number of hydrogen-bond acceptors (Lipinski definition) is 6. The third-order valence-electron chi connectivity index (χ3n) is 3.16. The first kappa shape index (κ1) is 17.0. The lowest BCUT2D eigenvalue weighted by Gasteiger charge is -2.07. The Morgan fingerprint density at radius 2 is 2.04 bits per heavy atom. The molecule has 23 heavy (non-hydrogen) atoms. The van der Waals surface area contributed by atoms with E-state index < -0.39 is 5.56 Å². The van der Waals surface area contributed by atoms with Crippen molar-refractivity contribution < 1.29 is 4.79 Å². The predicted octanol–water partition coefficient (Wildman–Crippen LogP) is 0.502. The van der Waals surface area contributed by atoms with Crippen LogP contribution in [0, 0.1) is 6.92 Å². The molecule has 8 heteroatoms. The molecule has 7 nitrogen and oxygen atoms in total. The van der Waals surface area contributed by atoms with Gasteiger partial charge < -0.3 is 11.2 Å². The van der Waals surface area contributed by atoms with E-state index in [1.54, 1.807) is 0 Å². The number of rotatable bonds is 7. The summed E-state index contributed by atoms with van der Waals surface area (Å²) in [6, 6.07) is 10.1. The van der Waals surface area contributed by atoms with Gasteiger partial charge in [-0.15, -0.1) is 10.2 Å². The van der Waals surface area contributed by atoms with Crippen molar-refractivity contribution in [3.8, 4) is 0 Å². The fourth-order valence-electron chi connectivity index (χ4n) is 1.91. The van der Waals surface area contributed by atoms with E-state index in [9.17, 15) is 9.59 Å². The van der Waals surface area contributed by atoms with E-state index in [0.29, 0.717) is 6.54 Å². The number of nitrogens with two attached hydrogens (primary N) is 1. The summed E-state index contributed by atoms with van der Waals surface area (Å²) < 4.78 is 0.912. The van der Waals surface area contributed by atoms with Crippen LogP contribution < -0.4 is 16.7 Å². The molecule has 3 N–H and O–H groups in total. The lowest BCUT2D eigenvalue weighted by molar-refractivity contribution is -0.118. The molecule has 1 amide bonds. The fraction of sp³-hybridized carbons (Fsp3) is 0.333. The molecule has 0 fully saturated rings. The fourth-order valence-corrected chi connectivity index (χ4v) is 2.60. The average Bonchev–Trinajstić information content (AvgIpc) is 2.57. The Morgan fingerprint density at radius 3 is 2.78 bits per heavy atom. The molecule has 0 atom stereocenters. The molecule has 0 spiro atoms. The number of nitrogens with one attached hydrogen (secondary N) is 1. The van der Waals surface area contributed by atoms with Gasteiger partial charge in [0.15, 0.2) is 0 Å². The summed E-state index contributed by atoms with van der Waals surface area (Å²) in [7, 11) is 0. The van der Waals surface area contributed by atoms with Crippen LogP contribution in [0.1, 0.15) is 17.7 Å². The first-order valence-corrected chi connectivity index (χ1v) is 8.21. The number of aryl methyl sites for hydroxylation is 2. The predicted molar refractivity (Wildman–Crippen MR) is 89.7 cm³/mol. The zero-order chi connectivity index (χ0) is 16.7. The van der Waals surface area contributed by atoms with Crippen molar-refractivity contribution in [2.24, 2.45) is 0 Å². The zero-order valence-corrected chi connectivity index (χ0v) is 13.7. The Balaban J connectivity index is 1.71. The van der Waals surface area contributed by atoms with Crippen LogP contribution in [0.15, 0.2) is 40.3 Å². The summed E-state index contributed by atoms with van der Waals surface area (Å²) in [5.41, 5.74) is 1.06. The van der Waals surface area contributed by atoms with Crippen LogP contribution in [-0.4, -0.2) is 33.1 Å². The van der Waals surface area contributed by atoms with E-state index in [4.69, 9.17) is 5.84 Å². The van der Waals surface area contributed by atoms with Crippen LogP contribution in [0.2, 0.25) is 0 Å². The van der Waals surface area contributed by atoms with E-state index in [1.165, 1.54) is 12.5 Å². The summed E-state index contributed by atoms with van der Waals surface area (Å²) in [5.74, 6) is 5.62. The third-order valence-corrected chi connectivity index (χ3v) is 4.10. The molecule has 0 saturated carbocycles. The molecule has 1 aromatic heterocycles. The van der Waals surface area contributed by atoms with Crippen LogP contribution in [-0.2, 0) is 11.2 Å². The van der Waals surface area contributed by atoms with Gasteiger partial charge in [0.2, 0.25) is 11.1 Å². The highest BCUT2D eigenvalue weighted by molar-refractivity contribution is 7.99. The molecule has 2 rings (SSSR count). The second kappa shape index (κ2) is 8.33. The van der Waals surface area contributed by atoms with Crippen LogP contribution in [0.3, 0.4) is 0 Å². The Morgan fingerprint density at radius 1 is 1.30 bits per heavy atom. The summed E-state index contributed by atoms with van der Waals surface area (Å²) in [6.45, 7) is 2.13. The molecular weight excluding hydrogens is 314 g/mol. The minimum absolute atomic E-state index is 0.127. The molecule has 0 saturated heterocycles. The van der Waals surface area contributed by atoms with Crippen molar-refractivity contribution in [1.29, 1.82) is 0 Å². The molecule has 0 unspecified atom stereocenters. The van der Waals surface area contributed by atoms with Crippen molar-refractivity contribution in [1.82, 2.24) is 20.2 Å². The number of nitrogens with zero attached hydrogens (tertiary/aromatic N) is 3. The SMILES string of the molecule is Cc1nnc(SCC(=O)NCCCc2ccccc2)n(N)c1=O. The van der Waals surface area contributed by atoms with Crippen LogP contribution in [0.4, 0.5) is 0 Å². The van der Waals surface area contributed by atoms with E-state index in [2.05, 4.69) is 27.6 Å². The van der Waals surface area contributed by atoms with Crippen LogP contribution in [0.5, 0.6) is 0 Å². The van der Waals surface area contributed by atoms with Crippen molar-refractivity contribution in [3.05, 3.63) is 51.9 Å². The van der Waals surface area contributed by atoms with E-state index in [0.717, 1.165) is 29.3 Å². The summed E-state index contributed by atoms with van der Waals surface area (Å²) >= 11 is 1.08. The maximum Gasteiger partial charge on any atom is 0.294 e. The molecule has 0 radical (unpaired) electrons. The summed E-state index contributed by atoms with van der Waals surface area (Å²) in [4.78, 5) is 23.4. The quantitative estimate of drug-likeness (QED) is 0.434. The van der Waals surface area contributed by atoms with Gasteiger partial charge in [0.05, 0.1) is 5.75 Å². The van der Waals surface area contributed by atoms with Gasteiger partial charge in [-0.25, -0.2) is 0 Å². The van der Waals surface area contributed by atoms with Gasteiger partial charge in [-0.3, -0.25) is 9.59 Å². The van der Waals surface area contributed by atoms with Gasteiger partial charge in [0.25, 0.3) is 5.56 Å². The highest BCUT2D eigenvalue weighted by atomic mass is 32.2. The molecule has 0 bridgehead atoms. The number of nitrogen functional groups attached to an aromatic ring is 1. The first-order valence-electron chi connectivity index (χ1n) is 7.23. The van der Waals surface area contributed by atoms with Gasteiger partial charge in [0.1, 0.15) is 5.69 Å². The first-order chi connectivity index (χ1) is 11.1. The maximum absolute atomic E-state index is 11.8.